The largest absolute Gasteiger partial charge is 0.497 e. The van der Waals surface area contributed by atoms with E-state index >= 15 is 0 Å². The molecule has 15 heavy (non-hydrogen) atoms. The second-order valence-corrected chi connectivity index (χ2v) is 3.15. The fraction of sp³-hybridized carbons (Fsp3) is 0.364. The van der Waals surface area contributed by atoms with E-state index in [2.05, 4.69) is 0 Å². The molecule has 1 unspecified atom stereocenters. The lowest BCUT2D eigenvalue weighted by Crippen LogP contribution is -2.03. The van der Waals surface area contributed by atoms with Crippen LogP contribution in [-0.4, -0.2) is 19.7 Å². The Morgan fingerprint density at radius 2 is 2.27 bits per heavy atom. The van der Waals surface area contributed by atoms with Crippen LogP contribution in [0, 0.1) is 0 Å². The van der Waals surface area contributed by atoms with E-state index in [0.29, 0.717) is 17.9 Å². The van der Waals surface area contributed by atoms with Gasteiger partial charge in [-0.25, -0.2) is 4.79 Å². The van der Waals surface area contributed by atoms with Gasteiger partial charge in [-0.2, -0.15) is 0 Å². The van der Waals surface area contributed by atoms with Crippen molar-refractivity contribution >= 4 is 5.97 Å². The SMILES string of the molecule is CCOC1OC(=O)c2cc(OC)ccc21. The first-order valence-corrected chi connectivity index (χ1v) is 4.76. The molecule has 0 saturated carbocycles. The second kappa shape index (κ2) is 3.90. The Balaban J connectivity index is 2.36. The fourth-order valence-corrected chi connectivity index (χ4v) is 1.54. The summed E-state index contributed by atoms with van der Waals surface area (Å²) < 4.78 is 15.4. The number of carbonyl (C=O) groups is 1. The van der Waals surface area contributed by atoms with Gasteiger partial charge in [0.1, 0.15) is 5.75 Å². The van der Waals surface area contributed by atoms with Crippen molar-refractivity contribution in [2.45, 2.75) is 13.2 Å². The maximum Gasteiger partial charge on any atom is 0.341 e. The lowest BCUT2D eigenvalue weighted by atomic mass is 10.1. The average Bonchev–Trinajstić information content (AvgIpc) is 2.56. The standard InChI is InChI=1S/C11H12O4/c1-3-14-11-8-5-4-7(13-2)6-9(8)10(12)15-11/h4-6,11H,3H2,1-2H3. The molecule has 4 heteroatoms. The number of hydrogen-bond donors (Lipinski definition) is 0. The summed E-state index contributed by atoms with van der Waals surface area (Å²) >= 11 is 0. The van der Waals surface area contributed by atoms with Gasteiger partial charge >= 0.3 is 5.97 Å². The van der Waals surface area contributed by atoms with Crippen LogP contribution in [0.1, 0.15) is 29.1 Å². The predicted octanol–water partition coefficient (Wildman–Crippen LogP) is 1.90. The molecular weight excluding hydrogens is 196 g/mol. The molecule has 0 amide bonds. The first-order chi connectivity index (χ1) is 7.26. The highest BCUT2D eigenvalue weighted by molar-refractivity contribution is 5.94. The Morgan fingerprint density at radius 1 is 1.47 bits per heavy atom. The van der Waals surface area contributed by atoms with Crippen molar-refractivity contribution in [1.29, 1.82) is 0 Å². The van der Waals surface area contributed by atoms with Crippen molar-refractivity contribution in [3.63, 3.8) is 0 Å². The summed E-state index contributed by atoms with van der Waals surface area (Å²) in [6.07, 6.45) is -0.566. The van der Waals surface area contributed by atoms with Crippen molar-refractivity contribution in [2.75, 3.05) is 13.7 Å². The lowest BCUT2D eigenvalue weighted by molar-refractivity contribution is -0.0993. The van der Waals surface area contributed by atoms with Crippen LogP contribution in [0.3, 0.4) is 0 Å². The smallest absolute Gasteiger partial charge is 0.341 e. The molecule has 0 bridgehead atoms. The molecule has 1 atom stereocenters. The number of methoxy groups -OCH3 is 1. The van der Waals surface area contributed by atoms with Crippen LogP contribution in [-0.2, 0) is 9.47 Å². The predicted molar refractivity (Wildman–Crippen MR) is 52.8 cm³/mol. The molecule has 1 aromatic rings. The molecule has 0 aliphatic carbocycles. The number of rotatable bonds is 3. The van der Waals surface area contributed by atoms with Crippen molar-refractivity contribution < 1.29 is 19.0 Å². The highest BCUT2D eigenvalue weighted by Crippen LogP contribution is 2.33. The van der Waals surface area contributed by atoms with Crippen LogP contribution in [0.4, 0.5) is 0 Å². The van der Waals surface area contributed by atoms with E-state index in [-0.39, 0.29) is 5.97 Å². The minimum absolute atomic E-state index is 0.359. The zero-order valence-electron chi connectivity index (χ0n) is 8.65. The molecular formula is C11H12O4. The van der Waals surface area contributed by atoms with Gasteiger partial charge < -0.3 is 14.2 Å². The summed E-state index contributed by atoms with van der Waals surface area (Å²) in [7, 11) is 1.56. The summed E-state index contributed by atoms with van der Waals surface area (Å²) in [5, 5.41) is 0. The van der Waals surface area contributed by atoms with Crippen LogP contribution >= 0.6 is 0 Å². The van der Waals surface area contributed by atoms with E-state index in [1.807, 2.05) is 6.92 Å². The third kappa shape index (κ3) is 1.68. The molecule has 0 spiro atoms. The number of fused-ring (bicyclic) bond motifs is 1. The Kier molecular flexibility index (Phi) is 2.60. The summed E-state index contributed by atoms with van der Waals surface area (Å²) in [5.41, 5.74) is 1.29. The summed E-state index contributed by atoms with van der Waals surface area (Å²) in [6, 6.07) is 5.24. The zero-order chi connectivity index (χ0) is 10.8. The normalized spacial score (nSPS) is 18.5. The van der Waals surface area contributed by atoms with E-state index in [1.54, 1.807) is 25.3 Å². The molecule has 2 rings (SSSR count). The van der Waals surface area contributed by atoms with Crippen LogP contribution in [0.5, 0.6) is 5.75 Å². The minimum atomic E-state index is -0.566. The van der Waals surface area contributed by atoms with Gasteiger partial charge in [-0.15, -0.1) is 0 Å². The zero-order valence-corrected chi connectivity index (χ0v) is 8.65. The Bertz CT molecular complexity index is 386. The molecule has 1 aliphatic heterocycles. The number of ether oxygens (including phenoxy) is 3. The Labute approximate surface area is 87.8 Å². The van der Waals surface area contributed by atoms with Crippen LogP contribution < -0.4 is 4.74 Å². The van der Waals surface area contributed by atoms with Gasteiger partial charge in [-0.05, 0) is 25.1 Å². The third-order valence-corrected chi connectivity index (χ3v) is 2.27. The molecule has 0 radical (unpaired) electrons. The molecule has 0 saturated heterocycles. The van der Waals surface area contributed by atoms with E-state index < -0.39 is 6.29 Å². The van der Waals surface area contributed by atoms with E-state index in [0.717, 1.165) is 5.56 Å². The van der Waals surface area contributed by atoms with E-state index in [1.165, 1.54) is 0 Å². The maximum absolute atomic E-state index is 11.5. The van der Waals surface area contributed by atoms with Crippen molar-refractivity contribution in [3.8, 4) is 5.75 Å². The summed E-state index contributed by atoms with van der Waals surface area (Å²) in [4.78, 5) is 11.5. The Morgan fingerprint density at radius 3 is 2.93 bits per heavy atom. The second-order valence-electron chi connectivity index (χ2n) is 3.15. The monoisotopic (exact) mass is 208 g/mol. The van der Waals surface area contributed by atoms with Gasteiger partial charge in [0.05, 0.1) is 12.7 Å². The number of hydrogen-bond acceptors (Lipinski definition) is 4. The molecule has 0 aromatic heterocycles. The van der Waals surface area contributed by atoms with Crippen LogP contribution in [0.2, 0.25) is 0 Å². The van der Waals surface area contributed by atoms with Gasteiger partial charge in [-0.1, -0.05) is 0 Å². The van der Waals surface area contributed by atoms with E-state index in [9.17, 15) is 4.79 Å². The van der Waals surface area contributed by atoms with Crippen molar-refractivity contribution in [1.82, 2.24) is 0 Å². The molecule has 1 aliphatic rings. The molecule has 0 N–H and O–H groups in total. The summed E-state index contributed by atoms with van der Waals surface area (Å²) in [6.45, 7) is 2.36. The highest BCUT2D eigenvalue weighted by Gasteiger charge is 2.31. The third-order valence-electron chi connectivity index (χ3n) is 2.27. The first kappa shape index (κ1) is 9.98. The highest BCUT2D eigenvalue weighted by atomic mass is 16.7. The van der Waals surface area contributed by atoms with Crippen LogP contribution in [0.15, 0.2) is 18.2 Å². The molecule has 4 nitrogen and oxygen atoms in total. The Hall–Kier alpha value is -1.55. The van der Waals surface area contributed by atoms with Gasteiger partial charge in [0.2, 0.25) is 6.29 Å². The van der Waals surface area contributed by atoms with Crippen molar-refractivity contribution in [2.24, 2.45) is 0 Å². The number of esters is 1. The van der Waals surface area contributed by atoms with Gasteiger partial charge in [0, 0.05) is 12.2 Å². The molecule has 0 fully saturated rings. The number of carbonyl (C=O) groups excluding carboxylic acids is 1. The summed E-state index contributed by atoms with van der Waals surface area (Å²) in [5.74, 6) is 0.283. The van der Waals surface area contributed by atoms with Crippen LogP contribution in [0.25, 0.3) is 0 Å². The molecule has 80 valence electrons. The average molecular weight is 208 g/mol. The fourth-order valence-electron chi connectivity index (χ4n) is 1.54. The van der Waals surface area contributed by atoms with Crippen molar-refractivity contribution in [3.05, 3.63) is 29.3 Å². The van der Waals surface area contributed by atoms with Gasteiger partial charge in [0.25, 0.3) is 0 Å². The van der Waals surface area contributed by atoms with Gasteiger partial charge in [0.15, 0.2) is 0 Å². The van der Waals surface area contributed by atoms with Gasteiger partial charge in [-0.3, -0.25) is 0 Å². The quantitative estimate of drug-likeness (QED) is 0.711. The number of benzene rings is 1. The minimum Gasteiger partial charge on any atom is -0.497 e. The lowest BCUT2D eigenvalue weighted by Gasteiger charge is -2.09. The molecule has 1 heterocycles. The van der Waals surface area contributed by atoms with E-state index in [4.69, 9.17) is 14.2 Å². The topological polar surface area (TPSA) is 44.8 Å². The first-order valence-electron chi connectivity index (χ1n) is 4.76. The maximum atomic E-state index is 11.5. The number of cyclic esters (lactones) is 1. The molecule has 1 aromatic carbocycles.